The van der Waals surface area contributed by atoms with Crippen molar-refractivity contribution in [2.75, 3.05) is 24.5 Å². The van der Waals surface area contributed by atoms with Gasteiger partial charge in [0, 0.05) is 39.3 Å². The third-order valence-electron chi connectivity index (χ3n) is 6.78. The highest BCUT2D eigenvalue weighted by Crippen LogP contribution is 2.33. The fourth-order valence-electron chi connectivity index (χ4n) is 5.03. The van der Waals surface area contributed by atoms with Crippen LogP contribution in [0.15, 0.2) is 51.6 Å². The maximum atomic E-state index is 13.6. The average Bonchev–Trinajstić information content (AvgIpc) is 3.47. The Kier molecular flexibility index (Phi) is 5.25. The Hall–Kier alpha value is -3.13. The first-order chi connectivity index (χ1) is 15.5. The summed E-state index contributed by atoms with van der Waals surface area (Å²) in [7, 11) is 1.71. The maximum Gasteiger partial charge on any atom is 0.332 e. The van der Waals surface area contributed by atoms with Crippen LogP contribution in [0, 0.1) is 5.92 Å². The molecule has 2 aliphatic heterocycles. The van der Waals surface area contributed by atoms with Crippen LogP contribution in [0.4, 0.5) is 5.95 Å². The molecule has 2 aromatic heterocycles. The zero-order chi connectivity index (χ0) is 22.4. The van der Waals surface area contributed by atoms with Crippen LogP contribution in [0.25, 0.3) is 11.2 Å². The molecular weight excluding hydrogens is 404 g/mol. The summed E-state index contributed by atoms with van der Waals surface area (Å²) in [5, 5.41) is 3.49. The molecule has 32 heavy (non-hydrogen) atoms. The third-order valence-corrected chi connectivity index (χ3v) is 6.78. The number of rotatable bonds is 5. The van der Waals surface area contributed by atoms with E-state index < -0.39 is 0 Å². The van der Waals surface area contributed by atoms with Gasteiger partial charge in [0.2, 0.25) is 5.95 Å². The van der Waals surface area contributed by atoms with Gasteiger partial charge in [-0.15, -0.1) is 0 Å². The van der Waals surface area contributed by atoms with Crippen molar-refractivity contribution in [3.05, 3.63) is 68.4 Å². The van der Waals surface area contributed by atoms with Gasteiger partial charge < -0.3 is 10.2 Å². The number of aryl methyl sites for hydroxylation is 1. The standard InChI is InChI=1S/C24H30N6O2/c1-16(2)9-11-29-22(31)20-21(27(3)24(29)32)26-23(28-12-10-18-13-25-14-19(18)28)30(20)15-17-7-5-4-6-8-17/h4-9,18-19,25H,10-15H2,1-3H3. The van der Waals surface area contributed by atoms with E-state index in [0.29, 0.717) is 29.7 Å². The second-order valence-electron chi connectivity index (χ2n) is 9.16. The number of hydrogen-bond donors (Lipinski definition) is 1. The lowest BCUT2D eigenvalue weighted by molar-refractivity contribution is 0.573. The zero-order valence-electron chi connectivity index (χ0n) is 18.9. The number of imidazole rings is 1. The topological polar surface area (TPSA) is 77.1 Å². The Morgan fingerprint density at radius 1 is 1.16 bits per heavy atom. The van der Waals surface area contributed by atoms with E-state index in [0.717, 1.165) is 43.1 Å². The molecule has 4 heterocycles. The number of benzene rings is 1. The van der Waals surface area contributed by atoms with E-state index in [1.807, 2.05) is 42.7 Å². The first kappa shape index (κ1) is 20.8. The molecule has 2 unspecified atom stereocenters. The molecule has 0 bridgehead atoms. The number of fused-ring (bicyclic) bond motifs is 2. The normalized spacial score (nSPS) is 20.2. The maximum absolute atomic E-state index is 13.6. The smallest absolute Gasteiger partial charge is 0.332 e. The molecule has 0 spiro atoms. The lowest BCUT2D eigenvalue weighted by Crippen LogP contribution is -2.39. The number of anilines is 1. The molecule has 1 aromatic carbocycles. The van der Waals surface area contributed by atoms with Gasteiger partial charge in [0.1, 0.15) is 0 Å². The first-order valence-corrected chi connectivity index (χ1v) is 11.3. The van der Waals surface area contributed by atoms with E-state index in [1.165, 1.54) is 9.13 Å². The van der Waals surface area contributed by atoms with E-state index >= 15 is 0 Å². The second kappa shape index (κ2) is 8.09. The molecule has 0 amide bonds. The Bertz CT molecular complexity index is 1300. The number of aromatic nitrogens is 4. The van der Waals surface area contributed by atoms with Crippen LogP contribution in [-0.4, -0.2) is 44.4 Å². The predicted octanol–water partition coefficient (Wildman–Crippen LogP) is 1.71. The van der Waals surface area contributed by atoms with Crippen molar-refractivity contribution in [3.63, 3.8) is 0 Å². The van der Waals surface area contributed by atoms with Crippen molar-refractivity contribution in [2.24, 2.45) is 13.0 Å². The molecule has 2 atom stereocenters. The summed E-state index contributed by atoms with van der Waals surface area (Å²) in [4.78, 5) is 33.9. The molecule has 2 aliphatic rings. The van der Waals surface area contributed by atoms with Gasteiger partial charge in [0.05, 0.1) is 6.54 Å². The molecule has 8 nitrogen and oxygen atoms in total. The number of hydrogen-bond acceptors (Lipinski definition) is 5. The van der Waals surface area contributed by atoms with E-state index in [9.17, 15) is 9.59 Å². The summed E-state index contributed by atoms with van der Waals surface area (Å²) >= 11 is 0. The van der Waals surface area contributed by atoms with Gasteiger partial charge >= 0.3 is 5.69 Å². The van der Waals surface area contributed by atoms with Crippen molar-refractivity contribution < 1.29 is 0 Å². The van der Waals surface area contributed by atoms with Crippen molar-refractivity contribution in [1.29, 1.82) is 0 Å². The number of nitrogens with zero attached hydrogens (tertiary/aromatic N) is 5. The molecule has 1 N–H and O–H groups in total. The van der Waals surface area contributed by atoms with E-state index in [-0.39, 0.29) is 17.8 Å². The van der Waals surface area contributed by atoms with Gasteiger partial charge in [-0.1, -0.05) is 42.0 Å². The second-order valence-corrected chi connectivity index (χ2v) is 9.16. The number of allylic oxidation sites excluding steroid dienone is 2. The SMILES string of the molecule is CC(C)=CCn1c(=O)c2c(nc(N3CCC4CNCC43)n2Cc2ccccc2)n(C)c1=O. The minimum Gasteiger partial charge on any atom is -0.338 e. The largest absolute Gasteiger partial charge is 0.338 e. The van der Waals surface area contributed by atoms with E-state index in [1.54, 1.807) is 7.05 Å². The fourth-order valence-corrected chi connectivity index (χ4v) is 5.03. The molecule has 0 aliphatic carbocycles. The Balaban J connectivity index is 1.74. The van der Waals surface area contributed by atoms with Crippen LogP contribution in [0.2, 0.25) is 0 Å². The van der Waals surface area contributed by atoms with Crippen LogP contribution in [0.3, 0.4) is 0 Å². The average molecular weight is 435 g/mol. The fraction of sp³-hybridized carbons (Fsp3) is 0.458. The lowest BCUT2D eigenvalue weighted by Gasteiger charge is -2.25. The number of nitrogens with one attached hydrogen (secondary N) is 1. The van der Waals surface area contributed by atoms with Crippen molar-refractivity contribution in [2.45, 2.75) is 39.4 Å². The van der Waals surface area contributed by atoms with Crippen molar-refractivity contribution in [3.8, 4) is 0 Å². The monoisotopic (exact) mass is 434 g/mol. The third kappa shape index (κ3) is 3.39. The van der Waals surface area contributed by atoms with Crippen LogP contribution >= 0.6 is 0 Å². The highest BCUT2D eigenvalue weighted by molar-refractivity contribution is 5.75. The minimum absolute atomic E-state index is 0.258. The van der Waals surface area contributed by atoms with Crippen LogP contribution in [0.5, 0.6) is 0 Å². The Morgan fingerprint density at radius 2 is 1.94 bits per heavy atom. The molecule has 8 heteroatoms. The molecule has 2 saturated heterocycles. The van der Waals surface area contributed by atoms with Gasteiger partial charge in [0.25, 0.3) is 5.56 Å². The van der Waals surface area contributed by atoms with Gasteiger partial charge in [-0.25, -0.2) is 4.79 Å². The van der Waals surface area contributed by atoms with Gasteiger partial charge in [-0.3, -0.25) is 18.5 Å². The predicted molar refractivity (Wildman–Crippen MR) is 126 cm³/mol. The molecular formula is C24H30N6O2. The summed E-state index contributed by atoms with van der Waals surface area (Å²) in [5.74, 6) is 1.38. The molecule has 2 fully saturated rings. The van der Waals surface area contributed by atoms with Crippen molar-refractivity contribution >= 4 is 17.1 Å². The van der Waals surface area contributed by atoms with Gasteiger partial charge in [0.15, 0.2) is 11.2 Å². The Labute approximate surface area is 186 Å². The van der Waals surface area contributed by atoms with Crippen LogP contribution < -0.4 is 21.5 Å². The molecule has 5 rings (SSSR count). The highest BCUT2D eigenvalue weighted by Gasteiger charge is 2.40. The quantitative estimate of drug-likeness (QED) is 0.619. The molecule has 0 saturated carbocycles. The van der Waals surface area contributed by atoms with Gasteiger partial charge in [-0.05, 0) is 31.7 Å². The summed E-state index contributed by atoms with van der Waals surface area (Å²) in [5.41, 5.74) is 2.48. The van der Waals surface area contributed by atoms with Gasteiger partial charge in [-0.2, -0.15) is 4.98 Å². The molecule has 3 aromatic rings. The molecule has 0 radical (unpaired) electrons. The zero-order valence-corrected chi connectivity index (χ0v) is 18.9. The first-order valence-electron chi connectivity index (χ1n) is 11.3. The summed E-state index contributed by atoms with van der Waals surface area (Å²) in [6.45, 7) is 7.57. The molecule has 168 valence electrons. The lowest BCUT2D eigenvalue weighted by atomic mass is 10.1. The van der Waals surface area contributed by atoms with Crippen LogP contribution in [-0.2, 0) is 20.1 Å². The minimum atomic E-state index is -0.335. The summed E-state index contributed by atoms with van der Waals surface area (Å²) in [6, 6.07) is 10.5. The van der Waals surface area contributed by atoms with E-state index in [2.05, 4.69) is 22.3 Å². The Morgan fingerprint density at radius 3 is 2.69 bits per heavy atom. The van der Waals surface area contributed by atoms with Crippen LogP contribution in [0.1, 0.15) is 25.8 Å². The van der Waals surface area contributed by atoms with E-state index in [4.69, 9.17) is 4.98 Å². The van der Waals surface area contributed by atoms with Crippen molar-refractivity contribution in [1.82, 2.24) is 24.0 Å². The highest BCUT2D eigenvalue weighted by atomic mass is 16.2. The summed E-state index contributed by atoms with van der Waals surface area (Å²) < 4.78 is 4.85. The summed E-state index contributed by atoms with van der Waals surface area (Å²) in [6.07, 6.45) is 3.01.